The van der Waals surface area contributed by atoms with Crippen LogP contribution < -0.4 is 0 Å². The number of alkyl halides is 2. The highest BCUT2D eigenvalue weighted by Gasteiger charge is 2.31. The lowest BCUT2D eigenvalue weighted by atomic mass is 9.92. The van der Waals surface area contributed by atoms with Crippen molar-refractivity contribution in [3.05, 3.63) is 0 Å². The number of ether oxygens (including phenoxy) is 1. The van der Waals surface area contributed by atoms with Gasteiger partial charge in [0.05, 0.1) is 12.2 Å². The van der Waals surface area contributed by atoms with Gasteiger partial charge in [0.25, 0.3) is 5.92 Å². The van der Waals surface area contributed by atoms with E-state index in [9.17, 15) is 8.78 Å². The highest BCUT2D eigenvalue weighted by molar-refractivity contribution is 4.79. The molecule has 0 heterocycles. The number of aliphatic hydroxyl groups excluding tert-OH is 1. The minimum atomic E-state index is -2.75. The first-order valence-electron chi connectivity index (χ1n) is 3.65. The molecule has 0 aliphatic heterocycles. The van der Waals surface area contributed by atoms with E-state index < -0.39 is 12.5 Å². The van der Waals surface area contributed by atoms with Crippen molar-refractivity contribution in [1.82, 2.24) is 0 Å². The third-order valence-electron chi connectivity index (χ3n) is 1.64. The summed E-state index contributed by atoms with van der Waals surface area (Å²) in [5.74, 6) is -2.75. The molecule has 1 saturated carbocycles. The second-order valence-corrected chi connectivity index (χ2v) is 3.13. The Morgan fingerprint density at radius 1 is 1.55 bits per heavy atom. The molecule has 66 valence electrons. The molecule has 1 rings (SSSR count). The van der Waals surface area contributed by atoms with Crippen molar-refractivity contribution in [3.63, 3.8) is 0 Å². The lowest BCUT2D eigenvalue weighted by Gasteiger charge is -2.31. The lowest BCUT2D eigenvalue weighted by molar-refractivity contribution is -0.131. The quantitative estimate of drug-likeness (QED) is 0.682. The van der Waals surface area contributed by atoms with Crippen molar-refractivity contribution in [3.8, 4) is 0 Å². The van der Waals surface area contributed by atoms with Gasteiger partial charge in [-0.25, -0.2) is 8.78 Å². The van der Waals surface area contributed by atoms with E-state index in [4.69, 9.17) is 9.84 Å². The molecule has 0 atom stereocenters. The Bertz CT molecular complexity index is 127. The van der Waals surface area contributed by atoms with Gasteiger partial charge < -0.3 is 9.84 Å². The molecule has 0 saturated heterocycles. The van der Waals surface area contributed by atoms with E-state index in [0.29, 0.717) is 12.8 Å². The maximum absolute atomic E-state index is 12.2. The monoisotopic (exact) mass is 166 g/mol. The van der Waals surface area contributed by atoms with Gasteiger partial charge in [-0.1, -0.05) is 0 Å². The predicted molar refractivity (Wildman–Crippen MR) is 35.6 cm³/mol. The fourth-order valence-electron chi connectivity index (χ4n) is 0.938. The molecule has 0 aromatic rings. The maximum Gasteiger partial charge on any atom is 0.268 e. The summed E-state index contributed by atoms with van der Waals surface area (Å²) in [4.78, 5) is 0. The molecule has 0 amide bonds. The molecular weight excluding hydrogens is 154 g/mol. The smallest absolute Gasteiger partial charge is 0.268 e. The molecule has 0 aromatic heterocycles. The number of rotatable bonds is 3. The summed E-state index contributed by atoms with van der Waals surface area (Å²) in [6.07, 6.45) is 0.493. The van der Waals surface area contributed by atoms with Crippen molar-refractivity contribution in [2.24, 2.45) is 0 Å². The van der Waals surface area contributed by atoms with Crippen LogP contribution in [0.3, 0.4) is 0 Å². The van der Waals surface area contributed by atoms with Crippen molar-refractivity contribution < 1.29 is 18.6 Å². The summed E-state index contributed by atoms with van der Waals surface area (Å²) < 4.78 is 29.1. The molecule has 0 unspecified atom stereocenters. The molecule has 0 bridgehead atoms. The first-order valence-corrected chi connectivity index (χ1v) is 3.65. The minimum absolute atomic E-state index is 0.157. The largest absolute Gasteiger partial charge is 0.393 e. The van der Waals surface area contributed by atoms with Crippen molar-refractivity contribution in [1.29, 1.82) is 0 Å². The van der Waals surface area contributed by atoms with Crippen LogP contribution in [0, 0.1) is 0 Å². The van der Waals surface area contributed by atoms with Crippen LogP contribution >= 0.6 is 0 Å². The molecule has 0 spiro atoms. The fraction of sp³-hybridized carbons (Fsp3) is 1.00. The summed E-state index contributed by atoms with van der Waals surface area (Å²) in [5, 5.41) is 8.78. The number of hydrogen-bond donors (Lipinski definition) is 1. The molecule has 11 heavy (non-hydrogen) atoms. The number of aliphatic hydroxyl groups is 1. The van der Waals surface area contributed by atoms with Crippen LogP contribution in [0.15, 0.2) is 0 Å². The molecule has 4 heteroatoms. The Morgan fingerprint density at radius 2 is 2.09 bits per heavy atom. The zero-order valence-corrected chi connectivity index (χ0v) is 6.39. The van der Waals surface area contributed by atoms with Gasteiger partial charge in [0, 0.05) is 6.92 Å². The van der Waals surface area contributed by atoms with Gasteiger partial charge in [0.15, 0.2) is 0 Å². The van der Waals surface area contributed by atoms with E-state index in [0.717, 1.165) is 6.92 Å². The van der Waals surface area contributed by atoms with Crippen molar-refractivity contribution in [2.75, 3.05) is 6.61 Å². The highest BCUT2D eigenvalue weighted by atomic mass is 19.3. The van der Waals surface area contributed by atoms with Crippen LogP contribution in [-0.4, -0.2) is 29.8 Å². The molecule has 1 N–H and O–H groups in total. The minimum Gasteiger partial charge on any atom is -0.393 e. The van der Waals surface area contributed by atoms with Gasteiger partial charge in [0.1, 0.15) is 6.61 Å². The number of halogens is 2. The van der Waals surface area contributed by atoms with Crippen LogP contribution in [0.2, 0.25) is 0 Å². The van der Waals surface area contributed by atoms with E-state index in [1.807, 2.05) is 0 Å². The summed E-state index contributed by atoms with van der Waals surface area (Å²) in [6.45, 7) is 0.284. The van der Waals surface area contributed by atoms with Crippen LogP contribution in [-0.2, 0) is 4.74 Å². The van der Waals surface area contributed by atoms with E-state index in [1.165, 1.54) is 0 Å². The molecule has 1 aliphatic rings. The average molecular weight is 166 g/mol. The molecule has 0 aromatic carbocycles. The van der Waals surface area contributed by atoms with E-state index in [1.54, 1.807) is 0 Å². The Labute approximate surface area is 64.2 Å². The van der Waals surface area contributed by atoms with Gasteiger partial charge in [0.2, 0.25) is 0 Å². The van der Waals surface area contributed by atoms with Crippen LogP contribution in [0.4, 0.5) is 8.78 Å². The van der Waals surface area contributed by atoms with Gasteiger partial charge in [-0.15, -0.1) is 0 Å². The van der Waals surface area contributed by atoms with Gasteiger partial charge >= 0.3 is 0 Å². The first-order chi connectivity index (χ1) is 4.97. The Morgan fingerprint density at radius 3 is 2.45 bits per heavy atom. The van der Waals surface area contributed by atoms with Gasteiger partial charge in [-0.2, -0.15) is 0 Å². The Balaban J connectivity index is 2.05. The summed E-state index contributed by atoms with van der Waals surface area (Å²) >= 11 is 0. The third-order valence-corrected chi connectivity index (χ3v) is 1.64. The highest BCUT2D eigenvalue weighted by Crippen LogP contribution is 2.24. The second-order valence-electron chi connectivity index (χ2n) is 3.13. The topological polar surface area (TPSA) is 29.5 Å². The van der Waals surface area contributed by atoms with Crippen LogP contribution in [0.5, 0.6) is 0 Å². The van der Waals surface area contributed by atoms with Crippen molar-refractivity contribution >= 4 is 0 Å². The maximum atomic E-state index is 12.2. The predicted octanol–water partition coefficient (Wildman–Crippen LogP) is 1.18. The van der Waals surface area contributed by atoms with Crippen LogP contribution in [0.1, 0.15) is 19.8 Å². The second kappa shape index (κ2) is 3.03. The molecular formula is C7H12F2O2. The van der Waals surface area contributed by atoms with Gasteiger partial charge in [-0.3, -0.25) is 0 Å². The molecule has 0 radical (unpaired) electrons. The average Bonchev–Trinajstić information content (AvgIpc) is 1.75. The van der Waals surface area contributed by atoms with E-state index >= 15 is 0 Å². The molecule has 2 nitrogen and oxygen atoms in total. The lowest BCUT2D eigenvalue weighted by Crippen LogP contribution is -2.37. The third kappa shape index (κ3) is 3.12. The summed E-state index contributed by atoms with van der Waals surface area (Å²) in [6, 6.07) is 0. The summed E-state index contributed by atoms with van der Waals surface area (Å²) in [5.41, 5.74) is 0. The standard InChI is InChI=1S/C7H12F2O2/c1-7(8,9)4-11-6-2-5(10)3-6/h5-6,10H,2-4H2,1H3. The SMILES string of the molecule is CC(F)(F)COC1CC(O)C1. The zero-order valence-electron chi connectivity index (χ0n) is 6.39. The Kier molecular flexibility index (Phi) is 2.44. The zero-order chi connectivity index (χ0) is 8.48. The molecule has 1 aliphatic carbocycles. The molecule has 1 fully saturated rings. The van der Waals surface area contributed by atoms with Gasteiger partial charge in [-0.05, 0) is 12.8 Å². The number of hydrogen-bond acceptors (Lipinski definition) is 2. The van der Waals surface area contributed by atoms with Crippen molar-refractivity contribution in [2.45, 2.75) is 37.9 Å². The van der Waals surface area contributed by atoms with E-state index in [2.05, 4.69) is 0 Å². The first kappa shape index (κ1) is 8.87. The van der Waals surface area contributed by atoms with E-state index in [-0.39, 0.29) is 12.2 Å². The summed E-state index contributed by atoms with van der Waals surface area (Å²) in [7, 11) is 0. The Hall–Kier alpha value is -0.220. The fourth-order valence-corrected chi connectivity index (χ4v) is 0.938. The normalized spacial score (nSPS) is 31.6. The van der Waals surface area contributed by atoms with Crippen LogP contribution in [0.25, 0.3) is 0 Å².